The number of carbonyl (C=O) groups is 3. The Kier molecular flexibility index (Phi) is 7.50. The molecular formula is C27H32N2O5. The van der Waals surface area contributed by atoms with Gasteiger partial charge in [-0.1, -0.05) is 48.5 Å². The minimum absolute atomic E-state index is 0.00269. The summed E-state index contributed by atoms with van der Waals surface area (Å²) in [7, 11) is 0. The summed E-state index contributed by atoms with van der Waals surface area (Å²) in [6, 6.07) is 16.1. The average Bonchev–Trinajstić information content (AvgIpc) is 3.39. The number of hydrogen-bond acceptors (Lipinski definition) is 4. The number of carboxylic acids is 1. The Hall–Kier alpha value is -3.35. The van der Waals surface area contributed by atoms with Crippen LogP contribution in [0.25, 0.3) is 11.1 Å². The van der Waals surface area contributed by atoms with Crippen LogP contribution in [-0.4, -0.2) is 53.2 Å². The molecule has 2 unspecified atom stereocenters. The number of rotatable bonds is 9. The normalized spacial score (nSPS) is 17.7. The van der Waals surface area contributed by atoms with E-state index in [1.807, 2.05) is 31.2 Å². The lowest BCUT2D eigenvalue weighted by molar-refractivity contribution is -0.139. The fourth-order valence-electron chi connectivity index (χ4n) is 5.19. The molecule has 2 atom stereocenters. The maximum atomic E-state index is 12.5. The van der Waals surface area contributed by atoms with Crippen LogP contribution in [-0.2, 0) is 14.3 Å². The summed E-state index contributed by atoms with van der Waals surface area (Å²) < 4.78 is 5.59. The lowest BCUT2D eigenvalue weighted by Crippen LogP contribution is -2.37. The summed E-state index contributed by atoms with van der Waals surface area (Å²) in [5.74, 6) is -0.854. The molecule has 2 aliphatic rings. The maximum Gasteiger partial charge on any atom is 0.407 e. The Balaban J connectivity index is 1.21. The fraction of sp³-hybridized carbons (Fsp3) is 0.444. The lowest BCUT2D eigenvalue weighted by Gasteiger charge is -2.24. The van der Waals surface area contributed by atoms with Crippen LogP contribution in [0.4, 0.5) is 4.79 Å². The highest BCUT2D eigenvalue weighted by Gasteiger charge is 2.30. The molecule has 7 nitrogen and oxygen atoms in total. The third-order valence-corrected chi connectivity index (χ3v) is 6.84. The van der Waals surface area contributed by atoms with E-state index in [0.717, 1.165) is 12.8 Å². The molecule has 7 heteroatoms. The Bertz CT molecular complexity index is 1010. The van der Waals surface area contributed by atoms with Gasteiger partial charge in [0.15, 0.2) is 0 Å². The van der Waals surface area contributed by atoms with E-state index >= 15 is 0 Å². The number of likely N-dealkylation sites (tertiary alicyclic amines) is 1. The number of aliphatic carboxylic acids is 1. The number of carboxylic acid groups (broad SMARTS) is 1. The van der Waals surface area contributed by atoms with E-state index in [0.29, 0.717) is 25.8 Å². The van der Waals surface area contributed by atoms with Crippen LogP contribution in [0.2, 0.25) is 0 Å². The van der Waals surface area contributed by atoms with Crippen molar-refractivity contribution in [3.63, 3.8) is 0 Å². The smallest absolute Gasteiger partial charge is 0.407 e. The van der Waals surface area contributed by atoms with E-state index in [1.165, 1.54) is 22.3 Å². The largest absolute Gasteiger partial charge is 0.481 e. The molecule has 1 aliphatic heterocycles. The van der Waals surface area contributed by atoms with Gasteiger partial charge in [-0.2, -0.15) is 0 Å². The van der Waals surface area contributed by atoms with Crippen molar-refractivity contribution in [2.75, 3.05) is 13.2 Å². The first-order valence-electron chi connectivity index (χ1n) is 12.1. The van der Waals surface area contributed by atoms with Gasteiger partial charge in [-0.25, -0.2) is 4.79 Å². The van der Waals surface area contributed by atoms with Crippen molar-refractivity contribution in [3.8, 4) is 11.1 Å². The van der Waals surface area contributed by atoms with Crippen LogP contribution < -0.4 is 5.32 Å². The topological polar surface area (TPSA) is 95.9 Å². The molecule has 0 radical (unpaired) electrons. The molecule has 1 heterocycles. The van der Waals surface area contributed by atoms with Crippen molar-refractivity contribution in [1.82, 2.24) is 10.2 Å². The second kappa shape index (κ2) is 10.7. The van der Waals surface area contributed by atoms with Gasteiger partial charge in [0.2, 0.25) is 5.91 Å². The van der Waals surface area contributed by atoms with Crippen molar-refractivity contribution >= 4 is 18.0 Å². The highest BCUT2D eigenvalue weighted by atomic mass is 16.5. The van der Waals surface area contributed by atoms with Crippen LogP contribution in [0.15, 0.2) is 48.5 Å². The average molecular weight is 465 g/mol. The van der Waals surface area contributed by atoms with Gasteiger partial charge in [-0.15, -0.1) is 0 Å². The summed E-state index contributed by atoms with van der Waals surface area (Å²) in [5, 5.41) is 11.9. The number of ether oxygens (including phenoxy) is 1. The van der Waals surface area contributed by atoms with E-state index < -0.39 is 12.1 Å². The number of nitrogens with zero attached hydrogens (tertiary/aromatic N) is 1. The summed E-state index contributed by atoms with van der Waals surface area (Å²) in [6.07, 6.45) is 2.77. The second-order valence-corrected chi connectivity index (χ2v) is 9.24. The molecule has 2 N–H and O–H groups in total. The minimum atomic E-state index is -0.870. The number of hydrogen-bond donors (Lipinski definition) is 2. The number of benzene rings is 2. The molecule has 1 aliphatic carbocycles. The van der Waals surface area contributed by atoms with Gasteiger partial charge in [0.25, 0.3) is 0 Å². The lowest BCUT2D eigenvalue weighted by atomic mass is 9.98. The summed E-state index contributed by atoms with van der Waals surface area (Å²) in [4.78, 5) is 37.6. The molecule has 34 heavy (non-hydrogen) atoms. The molecular weight excluding hydrogens is 432 g/mol. The number of amides is 2. The van der Waals surface area contributed by atoms with Crippen LogP contribution in [0.3, 0.4) is 0 Å². The van der Waals surface area contributed by atoms with Crippen molar-refractivity contribution in [2.45, 2.75) is 63.5 Å². The summed E-state index contributed by atoms with van der Waals surface area (Å²) in [5.41, 5.74) is 4.72. The van der Waals surface area contributed by atoms with Crippen molar-refractivity contribution in [2.24, 2.45) is 0 Å². The Labute approximate surface area is 200 Å². The van der Waals surface area contributed by atoms with E-state index in [1.54, 1.807) is 4.90 Å². The number of carbonyl (C=O) groups excluding carboxylic acids is 2. The minimum Gasteiger partial charge on any atom is -0.481 e. The van der Waals surface area contributed by atoms with Crippen LogP contribution in [0, 0.1) is 0 Å². The molecule has 0 spiro atoms. The number of fused-ring (bicyclic) bond motifs is 3. The maximum absolute atomic E-state index is 12.5. The van der Waals surface area contributed by atoms with Gasteiger partial charge in [-0.3, -0.25) is 9.59 Å². The molecule has 2 aromatic rings. The molecule has 0 saturated carbocycles. The molecule has 2 aromatic carbocycles. The van der Waals surface area contributed by atoms with E-state index in [2.05, 4.69) is 29.6 Å². The van der Waals surface area contributed by atoms with E-state index in [4.69, 9.17) is 9.84 Å². The zero-order valence-electron chi connectivity index (χ0n) is 19.5. The first-order chi connectivity index (χ1) is 16.4. The highest BCUT2D eigenvalue weighted by molar-refractivity contribution is 5.79. The monoisotopic (exact) mass is 464 g/mol. The highest BCUT2D eigenvalue weighted by Crippen LogP contribution is 2.44. The van der Waals surface area contributed by atoms with Crippen LogP contribution in [0.5, 0.6) is 0 Å². The van der Waals surface area contributed by atoms with Gasteiger partial charge in [0.1, 0.15) is 6.61 Å². The molecule has 0 aromatic heterocycles. The van der Waals surface area contributed by atoms with Crippen LogP contribution >= 0.6 is 0 Å². The Morgan fingerprint density at radius 3 is 2.38 bits per heavy atom. The zero-order valence-corrected chi connectivity index (χ0v) is 19.5. The number of nitrogens with one attached hydrogen (secondary N) is 1. The predicted octanol–water partition coefficient (Wildman–Crippen LogP) is 4.55. The van der Waals surface area contributed by atoms with Crippen molar-refractivity contribution < 1.29 is 24.2 Å². The van der Waals surface area contributed by atoms with Crippen molar-refractivity contribution in [1.29, 1.82) is 0 Å². The third kappa shape index (κ3) is 5.41. The first kappa shape index (κ1) is 23.8. The van der Waals surface area contributed by atoms with Gasteiger partial charge in [0, 0.05) is 31.0 Å². The van der Waals surface area contributed by atoms with E-state index in [9.17, 15) is 14.4 Å². The van der Waals surface area contributed by atoms with Gasteiger partial charge >= 0.3 is 12.1 Å². The standard InChI is InChI=1S/C27H32N2O5/c1-18(8-6-14-25(30)29-15-7-9-19(29)16-26(31)32)28-27(33)34-17-24-22-12-4-2-10-20(22)21-11-3-5-13-23(21)24/h2-5,10-13,18-19,24H,6-9,14-17H2,1H3,(H,28,33)(H,31,32). The summed E-state index contributed by atoms with van der Waals surface area (Å²) in [6.45, 7) is 2.80. The fourth-order valence-corrected chi connectivity index (χ4v) is 5.19. The SMILES string of the molecule is CC(CCCC(=O)N1CCCC1CC(=O)O)NC(=O)OCC1c2ccccc2-c2ccccc21. The van der Waals surface area contributed by atoms with Gasteiger partial charge in [0.05, 0.1) is 6.42 Å². The van der Waals surface area contributed by atoms with Crippen LogP contribution in [0.1, 0.15) is 62.5 Å². The molecule has 4 rings (SSSR count). The van der Waals surface area contributed by atoms with E-state index in [-0.39, 0.29) is 36.9 Å². The number of alkyl carbamates (subject to hydrolysis) is 1. The van der Waals surface area contributed by atoms with Crippen molar-refractivity contribution in [3.05, 3.63) is 59.7 Å². The summed E-state index contributed by atoms with van der Waals surface area (Å²) >= 11 is 0. The molecule has 1 fully saturated rings. The molecule has 1 saturated heterocycles. The zero-order chi connectivity index (χ0) is 24.1. The first-order valence-corrected chi connectivity index (χ1v) is 12.1. The molecule has 2 amide bonds. The Morgan fingerprint density at radius 1 is 1.09 bits per heavy atom. The third-order valence-electron chi connectivity index (χ3n) is 6.84. The molecule has 180 valence electrons. The quantitative estimate of drug-likeness (QED) is 0.568. The second-order valence-electron chi connectivity index (χ2n) is 9.24. The Morgan fingerprint density at radius 2 is 1.74 bits per heavy atom. The predicted molar refractivity (Wildman–Crippen MR) is 129 cm³/mol. The van der Waals surface area contributed by atoms with Gasteiger partial charge in [-0.05, 0) is 54.9 Å². The molecule has 0 bridgehead atoms. The van der Waals surface area contributed by atoms with Gasteiger partial charge < -0.3 is 20.1 Å².